The van der Waals surface area contributed by atoms with Gasteiger partial charge in [-0.2, -0.15) is 0 Å². The van der Waals surface area contributed by atoms with Crippen molar-refractivity contribution < 1.29 is 15.0 Å². The van der Waals surface area contributed by atoms with E-state index < -0.39 is 12.1 Å². The lowest BCUT2D eigenvalue weighted by Crippen LogP contribution is -2.45. The molecule has 0 saturated heterocycles. The van der Waals surface area contributed by atoms with E-state index in [2.05, 4.69) is 19.2 Å². The fourth-order valence-electron chi connectivity index (χ4n) is 5.12. The van der Waals surface area contributed by atoms with Gasteiger partial charge in [-0.05, 0) is 19.3 Å². The molecule has 0 aliphatic heterocycles. The van der Waals surface area contributed by atoms with Gasteiger partial charge in [-0.1, -0.05) is 167 Å². The zero-order chi connectivity index (χ0) is 27.9. The van der Waals surface area contributed by atoms with Crippen LogP contribution in [0.1, 0.15) is 181 Å². The molecule has 0 bridgehead atoms. The number of aliphatic hydroxyl groups excluding tert-OH is 2. The third-order valence-electron chi connectivity index (χ3n) is 7.77. The number of amides is 1. The normalized spacial score (nSPS) is 13.3. The molecule has 3 N–H and O–H groups in total. The first-order valence-corrected chi connectivity index (χ1v) is 16.9. The minimum Gasteiger partial charge on any atom is -0.394 e. The fourth-order valence-corrected chi connectivity index (χ4v) is 5.12. The fraction of sp³-hybridized carbons (Fsp3) is 0.912. The first kappa shape index (κ1) is 37.1. The van der Waals surface area contributed by atoms with E-state index in [4.69, 9.17) is 0 Å². The van der Waals surface area contributed by atoms with E-state index in [-0.39, 0.29) is 12.5 Å². The molecule has 0 aliphatic carbocycles. The molecule has 0 aliphatic rings. The highest BCUT2D eigenvalue weighted by Crippen LogP contribution is 2.14. The largest absolute Gasteiger partial charge is 0.394 e. The third kappa shape index (κ3) is 26.7. The summed E-state index contributed by atoms with van der Waals surface area (Å²) < 4.78 is 0. The van der Waals surface area contributed by atoms with Crippen molar-refractivity contribution in [2.24, 2.45) is 0 Å². The van der Waals surface area contributed by atoms with E-state index in [0.717, 1.165) is 25.7 Å². The van der Waals surface area contributed by atoms with Gasteiger partial charge in [0.15, 0.2) is 0 Å². The van der Waals surface area contributed by atoms with Crippen LogP contribution >= 0.6 is 0 Å². The Balaban J connectivity index is 3.63. The van der Waals surface area contributed by atoms with Crippen molar-refractivity contribution in [3.63, 3.8) is 0 Å². The number of carbonyl (C=O) groups excluding carboxylic acids is 1. The zero-order valence-corrected chi connectivity index (χ0v) is 25.7. The standard InChI is InChI=1S/C34H67NO3/c1-3-5-7-9-11-13-15-17-19-21-23-25-27-29-33(37)32(31-36)35-34(38)30-28-26-24-22-20-18-16-14-12-10-8-6-4-2/h27,29,32-33,36-37H,3-26,28,30-31H2,1-2H3,(H,35,38)/t32-,33+/m0/s1. The Morgan fingerprint density at radius 3 is 1.37 bits per heavy atom. The van der Waals surface area contributed by atoms with E-state index in [9.17, 15) is 15.0 Å². The van der Waals surface area contributed by atoms with Gasteiger partial charge in [0, 0.05) is 6.42 Å². The smallest absolute Gasteiger partial charge is 0.220 e. The molecule has 226 valence electrons. The quantitative estimate of drug-likeness (QED) is 0.0631. The van der Waals surface area contributed by atoms with Crippen molar-refractivity contribution in [1.82, 2.24) is 5.32 Å². The van der Waals surface area contributed by atoms with E-state index >= 15 is 0 Å². The van der Waals surface area contributed by atoms with Crippen LogP contribution in [0.4, 0.5) is 0 Å². The molecule has 0 rings (SSSR count). The lowest BCUT2D eigenvalue weighted by molar-refractivity contribution is -0.123. The monoisotopic (exact) mass is 538 g/mol. The molecular weight excluding hydrogens is 470 g/mol. The zero-order valence-electron chi connectivity index (χ0n) is 25.7. The number of hydrogen-bond acceptors (Lipinski definition) is 3. The van der Waals surface area contributed by atoms with Crippen molar-refractivity contribution in [2.45, 2.75) is 193 Å². The average Bonchev–Trinajstić information content (AvgIpc) is 2.92. The molecule has 0 unspecified atom stereocenters. The second-order valence-corrected chi connectivity index (χ2v) is 11.6. The van der Waals surface area contributed by atoms with Crippen molar-refractivity contribution in [1.29, 1.82) is 0 Å². The summed E-state index contributed by atoms with van der Waals surface area (Å²) in [6, 6.07) is -0.613. The predicted molar refractivity (Wildman–Crippen MR) is 166 cm³/mol. The van der Waals surface area contributed by atoms with Crippen molar-refractivity contribution >= 4 is 5.91 Å². The summed E-state index contributed by atoms with van der Waals surface area (Å²) in [5.41, 5.74) is 0. The Labute approximate surface area is 237 Å². The summed E-state index contributed by atoms with van der Waals surface area (Å²) in [6.45, 7) is 4.29. The van der Waals surface area contributed by atoms with Crippen LogP contribution in [-0.4, -0.2) is 34.9 Å². The molecule has 0 aromatic heterocycles. The maximum absolute atomic E-state index is 12.2. The molecule has 0 aromatic rings. The topological polar surface area (TPSA) is 69.6 Å². The summed E-state index contributed by atoms with van der Waals surface area (Å²) in [4.78, 5) is 12.2. The summed E-state index contributed by atoms with van der Waals surface area (Å²) >= 11 is 0. The van der Waals surface area contributed by atoms with Gasteiger partial charge >= 0.3 is 0 Å². The molecule has 0 spiro atoms. The number of unbranched alkanes of at least 4 members (excludes halogenated alkanes) is 23. The second kappa shape index (κ2) is 30.7. The van der Waals surface area contributed by atoms with Gasteiger partial charge < -0.3 is 15.5 Å². The molecular formula is C34H67NO3. The highest BCUT2D eigenvalue weighted by Gasteiger charge is 2.17. The maximum Gasteiger partial charge on any atom is 0.220 e. The molecule has 1 amide bonds. The van der Waals surface area contributed by atoms with Crippen LogP contribution in [0.15, 0.2) is 12.2 Å². The van der Waals surface area contributed by atoms with Crippen molar-refractivity contribution in [2.75, 3.05) is 6.61 Å². The first-order chi connectivity index (χ1) is 18.7. The molecule has 0 radical (unpaired) electrons. The minimum atomic E-state index is -0.830. The van der Waals surface area contributed by atoms with Crippen LogP contribution in [0.3, 0.4) is 0 Å². The van der Waals surface area contributed by atoms with Gasteiger partial charge in [0.2, 0.25) is 5.91 Å². The van der Waals surface area contributed by atoms with E-state index in [1.54, 1.807) is 6.08 Å². The summed E-state index contributed by atoms with van der Waals surface area (Å²) in [7, 11) is 0. The van der Waals surface area contributed by atoms with Gasteiger partial charge in [0.25, 0.3) is 0 Å². The Morgan fingerprint density at radius 1 is 0.605 bits per heavy atom. The van der Waals surface area contributed by atoms with E-state index in [1.807, 2.05) is 6.08 Å². The lowest BCUT2D eigenvalue weighted by atomic mass is 10.0. The number of carbonyl (C=O) groups is 1. The van der Waals surface area contributed by atoms with Crippen LogP contribution in [-0.2, 0) is 4.79 Å². The Kier molecular flexibility index (Phi) is 30.0. The van der Waals surface area contributed by atoms with Gasteiger partial charge in [-0.25, -0.2) is 0 Å². The minimum absolute atomic E-state index is 0.0649. The lowest BCUT2D eigenvalue weighted by Gasteiger charge is -2.20. The van der Waals surface area contributed by atoms with Crippen molar-refractivity contribution in [3.8, 4) is 0 Å². The predicted octanol–water partition coefficient (Wildman–Crippen LogP) is 9.56. The SMILES string of the molecule is CCCCCCCCCCCCCC=C[C@@H](O)[C@H](CO)NC(=O)CCCCCCCCCCCCCCC. The highest BCUT2D eigenvalue weighted by molar-refractivity contribution is 5.76. The van der Waals surface area contributed by atoms with Gasteiger partial charge in [-0.15, -0.1) is 0 Å². The van der Waals surface area contributed by atoms with Crippen LogP contribution in [0.2, 0.25) is 0 Å². The van der Waals surface area contributed by atoms with E-state index in [0.29, 0.717) is 6.42 Å². The molecule has 0 fully saturated rings. The third-order valence-corrected chi connectivity index (χ3v) is 7.77. The Morgan fingerprint density at radius 2 is 0.974 bits per heavy atom. The number of rotatable bonds is 30. The second-order valence-electron chi connectivity index (χ2n) is 11.6. The van der Waals surface area contributed by atoms with Crippen LogP contribution < -0.4 is 5.32 Å². The number of aliphatic hydroxyl groups is 2. The molecule has 0 aromatic carbocycles. The Hall–Kier alpha value is -0.870. The average molecular weight is 538 g/mol. The Bertz CT molecular complexity index is 508. The highest BCUT2D eigenvalue weighted by atomic mass is 16.3. The van der Waals surface area contributed by atoms with Crippen LogP contribution in [0.5, 0.6) is 0 Å². The van der Waals surface area contributed by atoms with Gasteiger partial charge in [-0.3, -0.25) is 4.79 Å². The van der Waals surface area contributed by atoms with Gasteiger partial charge in [0.1, 0.15) is 0 Å². The summed E-state index contributed by atoms with van der Waals surface area (Å²) in [5, 5.41) is 22.8. The molecule has 38 heavy (non-hydrogen) atoms. The summed E-state index contributed by atoms with van der Waals surface area (Å²) in [6.07, 6.45) is 35.7. The summed E-state index contributed by atoms with van der Waals surface area (Å²) in [5.74, 6) is -0.0649. The number of nitrogens with one attached hydrogen (secondary N) is 1. The number of allylic oxidation sites excluding steroid dienone is 1. The van der Waals surface area contributed by atoms with Gasteiger partial charge in [0.05, 0.1) is 18.8 Å². The van der Waals surface area contributed by atoms with Crippen LogP contribution in [0, 0.1) is 0 Å². The molecule has 2 atom stereocenters. The number of hydrogen-bond donors (Lipinski definition) is 3. The molecule has 0 saturated carbocycles. The molecule has 4 heteroatoms. The van der Waals surface area contributed by atoms with Crippen molar-refractivity contribution in [3.05, 3.63) is 12.2 Å². The van der Waals surface area contributed by atoms with Crippen LogP contribution in [0.25, 0.3) is 0 Å². The molecule has 0 heterocycles. The maximum atomic E-state index is 12.2. The first-order valence-electron chi connectivity index (χ1n) is 16.9. The molecule has 4 nitrogen and oxygen atoms in total. The van der Waals surface area contributed by atoms with E-state index in [1.165, 1.54) is 135 Å².